The van der Waals surface area contributed by atoms with Crippen LogP contribution in [-0.4, -0.2) is 37.6 Å². The normalized spacial score (nSPS) is 16.1. The average Bonchev–Trinajstić information content (AvgIpc) is 2.98. The predicted molar refractivity (Wildman–Crippen MR) is 76.9 cm³/mol. The van der Waals surface area contributed by atoms with Crippen molar-refractivity contribution in [1.29, 1.82) is 0 Å². The van der Waals surface area contributed by atoms with Gasteiger partial charge in [-0.1, -0.05) is 6.07 Å². The van der Waals surface area contributed by atoms with Crippen LogP contribution >= 0.6 is 0 Å². The van der Waals surface area contributed by atoms with Crippen LogP contribution in [0.15, 0.2) is 18.2 Å². The summed E-state index contributed by atoms with van der Waals surface area (Å²) in [6.45, 7) is 3.60. The largest absolute Gasteiger partial charge is 0.497 e. The van der Waals surface area contributed by atoms with Gasteiger partial charge in [-0.15, -0.1) is 0 Å². The Labute approximate surface area is 119 Å². The van der Waals surface area contributed by atoms with E-state index in [1.54, 1.807) is 13.2 Å². The van der Waals surface area contributed by atoms with Crippen LogP contribution in [0.25, 0.3) is 0 Å². The lowest BCUT2D eigenvalue weighted by Crippen LogP contribution is -2.32. The van der Waals surface area contributed by atoms with E-state index in [0.717, 1.165) is 31.5 Å². The first-order chi connectivity index (χ1) is 9.61. The Morgan fingerprint density at radius 2 is 2.10 bits per heavy atom. The number of methoxy groups -OCH3 is 1. The van der Waals surface area contributed by atoms with Gasteiger partial charge in [-0.3, -0.25) is 4.79 Å². The number of hydrogen-bond acceptors (Lipinski definition) is 4. The van der Waals surface area contributed by atoms with E-state index < -0.39 is 0 Å². The lowest BCUT2D eigenvalue weighted by molar-refractivity contribution is -0.132. The molecule has 1 aromatic carbocycles. The second-order valence-corrected chi connectivity index (χ2v) is 5.07. The van der Waals surface area contributed by atoms with Gasteiger partial charge in [-0.25, -0.2) is 0 Å². The zero-order valence-corrected chi connectivity index (χ0v) is 12.1. The molecule has 5 heteroatoms. The first kappa shape index (κ1) is 14.7. The van der Waals surface area contributed by atoms with Gasteiger partial charge < -0.3 is 20.1 Å². The maximum absolute atomic E-state index is 12.0. The van der Waals surface area contributed by atoms with Gasteiger partial charge in [0.15, 0.2) is 6.61 Å². The Morgan fingerprint density at radius 3 is 2.70 bits per heavy atom. The Kier molecular flexibility index (Phi) is 4.84. The summed E-state index contributed by atoms with van der Waals surface area (Å²) in [5.41, 5.74) is 6.79. The maximum Gasteiger partial charge on any atom is 0.260 e. The van der Waals surface area contributed by atoms with Crippen LogP contribution in [0.2, 0.25) is 0 Å². The molecule has 1 heterocycles. The van der Waals surface area contributed by atoms with Crippen molar-refractivity contribution in [2.75, 3.05) is 26.8 Å². The van der Waals surface area contributed by atoms with Crippen molar-refractivity contribution in [2.24, 2.45) is 5.73 Å². The number of carbonyl (C=O) groups is 1. The summed E-state index contributed by atoms with van der Waals surface area (Å²) < 4.78 is 10.8. The summed E-state index contributed by atoms with van der Waals surface area (Å²) in [6, 6.07) is 5.33. The van der Waals surface area contributed by atoms with Crippen molar-refractivity contribution in [3.05, 3.63) is 23.8 Å². The molecule has 1 aliphatic heterocycles. The molecular formula is C15H22N2O3. The number of benzene rings is 1. The number of carbonyl (C=O) groups excluding carboxylic acids is 1. The molecule has 1 saturated heterocycles. The molecule has 0 radical (unpaired) electrons. The van der Waals surface area contributed by atoms with Gasteiger partial charge in [0.25, 0.3) is 5.91 Å². The van der Waals surface area contributed by atoms with E-state index in [1.165, 1.54) is 0 Å². The van der Waals surface area contributed by atoms with Gasteiger partial charge in [-0.2, -0.15) is 0 Å². The highest BCUT2D eigenvalue weighted by atomic mass is 16.5. The molecule has 1 atom stereocenters. The van der Waals surface area contributed by atoms with Gasteiger partial charge in [-0.05, 0) is 25.8 Å². The fourth-order valence-corrected chi connectivity index (χ4v) is 2.34. The van der Waals surface area contributed by atoms with Gasteiger partial charge >= 0.3 is 0 Å². The summed E-state index contributed by atoms with van der Waals surface area (Å²) in [6.07, 6.45) is 2.16. The van der Waals surface area contributed by atoms with Crippen LogP contribution in [0, 0.1) is 0 Å². The number of nitrogens with two attached hydrogens (primary N) is 1. The summed E-state index contributed by atoms with van der Waals surface area (Å²) in [5, 5.41) is 0. The second kappa shape index (κ2) is 6.61. The van der Waals surface area contributed by atoms with Crippen molar-refractivity contribution in [1.82, 2.24) is 4.90 Å². The third-order valence-corrected chi connectivity index (χ3v) is 3.52. The number of hydrogen-bond donors (Lipinski definition) is 1. The fraction of sp³-hybridized carbons (Fsp3) is 0.533. The molecule has 20 heavy (non-hydrogen) atoms. The molecule has 0 unspecified atom stereocenters. The van der Waals surface area contributed by atoms with Crippen LogP contribution in [-0.2, 0) is 4.79 Å². The van der Waals surface area contributed by atoms with E-state index in [0.29, 0.717) is 11.5 Å². The third-order valence-electron chi connectivity index (χ3n) is 3.52. The lowest BCUT2D eigenvalue weighted by Gasteiger charge is -2.18. The molecular weight excluding hydrogens is 256 g/mol. The van der Waals surface area contributed by atoms with Crippen molar-refractivity contribution in [3.8, 4) is 11.5 Å². The topological polar surface area (TPSA) is 64.8 Å². The highest BCUT2D eigenvalue weighted by Gasteiger charge is 2.19. The van der Waals surface area contributed by atoms with Crippen molar-refractivity contribution in [2.45, 2.75) is 25.8 Å². The summed E-state index contributed by atoms with van der Waals surface area (Å²) in [4.78, 5) is 13.8. The van der Waals surface area contributed by atoms with E-state index in [9.17, 15) is 4.79 Å². The standard InChI is InChI=1S/C15H22N2O3/c1-11(16)13-6-5-12(19-2)9-14(13)20-10-15(18)17-7-3-4-8-17/h5-6,9,11H,3-4,7-8,10,16H2,1-2H3/t11-/m0/s1. The molecule has 1 fully saturated rings. The van der Waals surface area contributed by atoms with Gasteiger partial charge in [0.05, 0.1) is 7.11 Å². The van der Waals surface area contributed by atoms with Crippen LogP contribution in [0.4, 0.5) is 0 Å². The zero-order chi connectivity index (χ0) is 14.5. The summed E-state index contributed by atoms with van der Waals surface area (Å²) in [7, 11) is 1.60. The molecule has 2 rings (SSSR count). The third kappa shape index (κ3) is 3.42. The SMILES string of the molecule is COc1ccc([C@H](C)N)c(OCC(=O)N2CCCC2)c1. The monoisotopic (exact) mass is 278 g/mol. The fourth-order valence-electron chi connectivity index (χ4n) is 2.34. The van der Waals surface area contributed by atoms with Crippen LogP contribution < -0.4 is 15.2 Å². The van der Waals surface area contributed by atoms with Gasteiger partial charge in [0.1, 0.15) is 11.5 Å². The smallest absolute Gasteiger partial charge is 0.260 e. The summed E-state index contributed by atoms with van der Waals surface area (Å²) >= 11 is 0. The Balaban J connectivity index is 2.04. The quantitative estimate of drug-likeness (QED) is 0.890. The van der Waals surface area contributed by atoms with E-state index in [-0.39, 0.29) is 18.6 Å². The Morgan fingerprint density at radius 1 is 1.40 bits per heavy atom. The molecule has 0 bridgehead atoms. The molecule has 5 nitrogen and oxygen atoms in total. The van der Waals surface area contributed by atoms with E-state index in [1.807, 2.05) is 24.0 Å². The van der Waals surface area contributed by atoms with Gasteiger partial charge in [0, 0.05) is 30.8 Å². The molecule has 1 amide bonds. The Bertz CT molecular complexity index is 468. The highest BCUT2D eigenvalue weighted by molar-refractivity contribution is 5.78. The number of rotatable bonds is 5. The van der Waals surface area contributed by atoms with Crippen molar-refractivity contribution >= 4 is 5.91 Å². The molecule has 0 aliphatic carbocycles. The highest BCUT2D eigenvalue weighted by Crippen LogP contribution is 2.28. The minimum atomic E-state index is -0.155. The summed E-state index contributed by atoms with van der Waals surface area (Å²) in [5.74, 6) is 1.34. The first-order valence-electron chi connectivity index (χ1n) is 6.96. The first-order valence-corrected chi connectivity index (χ1v) is 6.96. The molecule has 1 aromatic rings. The van der Waals surface area contributed by atoms with E-state index >= 15 is 0 Å². The number of nitrogens with zero attached hydrogens (tertiary/aromatic N) is 1. The minimum Gasteiger partial charge on any atom is -0.497 e. The molecule has 0 saturated carbocycles. The average molecular weight is 278 g/mol. The van der Waals surface area contributed by atoms with E-state index in [4.69, 9.17) is 15.2 Å². The number of likely N-dealkylation sites (tertiary alicyclic amines) is 1. The van der Waals surface area contributed by atoms with Gasteiger partial charge in [0.2, 0.25) is 0 Å². The number of ether oxygens (including phenoxy) is 2. The van der Waals surface area contributed by atoms with E-state index in [2.05, 4.69) is 0 Å². The maximum atomic E-state index is 12.0. The van der Waals surface area contributed by atoms with Crippen LogP contribution in [0.1, 0.15) is 31.4 Å². The van der Waals surface area contributed by atoms with Crippen LogP contribution in [0.3, 0.4) is 0 Å². The van der Waals surface area contributed by atoms with Crippen molar-refractivity contribution in [3.63, 3.8) is 0 Å². The van der Waals surface area contributed by atoms with Crippen LogP contribution in [0.5, 0.6) is 11.5 Å². The minimum absolute atomic E-state index is 0.0287. The zero-order valence-electron chi connectivity index (χ0n) is 12.1. The second-order valence-electron chi connectivity index (χ2n) is 5.07. The number of amides is 1. The molecule has 2 N–H and O–H groups in total. The molecule has 0 aromatic heterocycles. The van der Waals surface area contributed by atoms with Crippen molar-refractivity contribution < 1.29 is 14.3 Å². The molecule has 0 spiro atoms. The molecule has 1 aliphatic rings. The Hall–Kier alpha value is -1.75. The molecule has 110 valence electrons. The lowest BCUT2D eigenvalue weighted by atomic mass is 10.1. The predicted octanol–water partition coefficient (Wildman–Crippen LogP) is 1.72.